The van der Waals surface area contributed by atoms with Crippen molar-refractivity contribution < 1.29 is 24.4 Å². The lowest BCUT2D eigenvalue weighted by Crippen LogP contribution is -2.50. The number of hydrogen-bond donors (Lipinski definition) is 1. The van der Waals surface area contributed by atoms with Gasteiger partial charge in [-0.05, 0) is 24.6 Å². The van der Waals surface area contributed by atoms with Gasteiger partial charge in [0.1, 0.15) is 18.5 Å². The summed E-state index contributed by atoms with van der Waals surface area (Å²) in [6.07, 6.45) is -1.41. The molecule has 2 atom stereocenters. The number of benzene rings is 1. The van der Waals surface area contributed by atoms with Crippen molar-refractivity contribution in [1.29, 1.82) is 0 Å². The van der Waals surface area contributed by atoms with Crippen LogP contribution in [0.15, 0.2) is 24.3 Å². The molecule has 1 saturated heterocycles. The molecule has 31 heavy (non-hydrogen) atoms. The Morgan fingerprint density at radius 3 is 2.71 bits per heavy atom. The summed E-state index contributed by atoms with van der Waals surface area (Å²) in [5.74, 6) is 1.20. The van der Waals surface area contributed by atoms with E-state index in [1.807, 2.05) is 11.5 Å². The monoisotopic (exact) mass is 430 g/mol. The molecule has 2 aromatic rings. The fourth-order valence-electron chi connectivity index (χ4n) is 3.89. The van der Waals surface area contributed by atoms with E-state index >= 15 is 0 Å². The van der Waals surface area contributed by atoms with E-state index in [1.54, 1.807) is 4.90 Å². The average Bonchev–Trinajstić information content (AvgIpc) is 3.34. The van der Waals surface area contributed by atoms with Crippen molar-refractivity contribution in [3.63, 3.8) is 0 Å². The van der Waals surface area contributed by atoms with Crippen LogP contribution in [0, 0.1) is 17.0 Å². The number of aliphatic hydroxyl groups is 1. The van der Waals surface area contributed by atoms with Crippen LogP contribution in [-0.2, 0) is 29.2 Å². The number of hydrogen-bond acceptors (Lipinski definition) is 8. The zero-order chi connectivity index (χ0) is 22.1. The number of ether oxygens (including phenoxy) is 1. The molecule has 1 fully saturated rings. The second-order valence-corrected chi connectivity index (χ2v) is 7.61. The maximum Gasteiger partial charge on any atom is 0.410 e. The number of aliphatic hydroxyl groups excluding tert-OH is 1. The molecule has 3 heterocycles. The molecule has 0 spiro atoms. The van der Waals surface area contributed by atoms with Crippen LogP contribution in [0.25, 0.3) is 0 Å². The lowest BCUT2D eigenvalue weighted by Gasteiger charge is -2.32. The molecule has 1 aromatic heterocycles. The fourth-order valence-corrected chi connectivity index (χ4v) is 3.89. The molecular formula is C19H22N6O6. The highest BCUT2D eigenvalue weighted by molar-refractivity contribution is 5.86. The van der Waals surface area contributed by atoms with Crippen LogP contribution in [0.3, 0.4) is 0 Å². The van der Waals surface area contributed by atoms with Crippen molar-refractivity contribution in [3.05, 3.63) is 51.6 Å². The van der Waals surface area contributed by atoms with Gasteiger partial charge in [-0.3, -0.25) is 19.8 Å². The Morgan fingerprint density at radius 1 is 1.26 bits per heavy atom. The van der Waals surface area contributed by atoms with Gasteiger partial charge in [0.2, 0.25) is 5.91 Å². The van der Waals surface area contributed by atoms with Gasteiger partial charge in [0, 0.05) is 31.6 Å². The highest BCUT2D eigenvalue weighted by Gasteiger charge is 2.42. The first-order chi connectivity index (χ1) is 14.8. The number of amides is 2. The number of nitrogens with zero attached hydrogens (tertiary/aromatic N) is 6. The van der Waals surface area contributed by atoms with Crippen LogP contribution in [-0.4, -0.2) is 71.8 Å². The molecule has 0 bridgehead atoms. The first-order valence-electron chi connectivity index (χ1n) is 9.85. The van der Waals surface area contributed by atoms with Gasteiger partial charge in [-0.2, -0.15) is 0 Å². The van der Waals surface area contributed by atoms with Crippen LogP contribution in [0.2, 0.25) is 0 Å². The van der Waals surface area contributed by atoms with Gasteiger partial charge in [-0.15, -0.1) is 10.2 Å². The third kappa shape index (κ3) is 4.19. The number of rotatable bonds is 4. The Hall–Kier alpha value is -3.54. The topological polar surface area (TPSA) is 144 Å². The van der Waals surface area contributed by atoms with E-state index in [2.05, 4.69) is 10.2 Å². The molecular weight excluding hydrogens is 408 g/mol. The van der Waals surface area contributed by atoms with E-state index in [9.17, 15) is 24.8 Å². The first kappa shape index (κ1) is 20.7. The lowest BCUT2D eigenvalue weighted by atomic mass is 10.1. The molecule has 2 aliphatic rings. The summed E-state index contributed by atoms with van der Waals surface area (Å²) >= 11 is 0. The van der Waals surface area contributed by atoms with Gasteiger partial charge in [0.25, 0.3) is 5.69 Å². The van der Waals surface area contributed by atoms with Crippen molar-refractivity contribution in [2.75, 3.05) is 13.1 Å². The Bertz CT molecular complexity index is 1010. The molecule has 0 unspecified atom stereocenters. The van der Waals surface area contributed by atoms with Gasteiger partial charge in [-0.1, -0.05) is 0 Å². The second-order valence-electron chi connectivity index (χ2n) is 7.61. The van der Waals surface area contributed by atoms with Gasteiger partial charge in [0.15, 0.2) is 5.82 Å². The van der Waals surface area contributed by atoms with Crippen molar-refractivity contribution in [3.8, 4) is 0 Å². The molecule has 2 aliphatic heterocycles. The highest BCUT2D eigenvalue weighted by atomic mass is 16.6. The zero-order valence-corrected chi connectivity index (χ0v) is 16.9. The number of nitro groups is 1. The van der Waals surface area contributed by atoms with Gasteiger partial charge < -0.3 is 19.3 Å². The third-order valence-corrected chi connectivity index (χ3v) is 5.56. The molecule has 0 aliphatic carbocycles. The Kier molecular flexibility index (Phi) is 5.55. The second kappa shape index (κ2) is 8.30. The number of non-ortho nitro benzene ring substituents is 1. The number of aromatic nitrogens is 3. The van der Waals surface area contributed by atoms with Crippen molar-refractivity contribution >= 4 is 17.7 Å². The molecule has 12 heteroatoms. The van der Waals surface area contributed by atoms with E-state index in [0.717, 1.165) is 5.82 Å². The molecule has 164 valence electrons. The smallest absolute Gasteiger partial charge is 0.410 e. The van der Waals surface area contributed by atoms with Crippen molar-refractivity contribution in [2.24, 2.45) is 0 Å². The van der Waals surface area contributed by atoms with Crippen molar-refractivity contribution in [1.82, 2.24) is 24.6 Å². The largest absolute Gasteiger partial charge is 0.445 e. The molecule has 2 amide bonds. The van der Waals surface area contributed by atoms with Crippen LogP contribution in [0.4, 0.5) is 10.5 Å². The highest BCUT2D eigenvalue weighted by Crippen LogP contribution is 2.24. The zero-order valence-electron chi connectivity index (χ0n) is 16.9. The van der Waals surface area contributed by atoms with E-state index in [-0.39, 0.29) is 37.7 Å². The quantitative estimate of drug-likeness (QED) is 0.549. The predicted molar refractivity (Wildman–Crippen MR) is 105 cm³/mol. The van der Waals surface area contributed by atoms with Gasteiger partial charge >= 0.3 is 6.09 Å². The number of carbonyl (C=O) groups is 2. The fraction of sp³-hybridized carbons (Fsp3) is 0.474. The molecule has 0 radical (unpaired) electrons. The molecule has 4 rings (SSSR count). The SMILES string of the molecule is Cc1nnc2n1CCN(C(=O)[C@@H]1C[C@@H](O)CN1C(=O)OCc1ccc([N+](=O)[O-])cc1)C2. The summed E-state index contributed by atoms with van der Waals surface area (Å²) in [7, 11) is 0. The van der Waals surface area contributed by atoms with Gasteiger partial charge in [0.05, 0.1) is 24.1 Å². The van der Waals surface area contributed by atoms with E-state index < -0.39 is 23.2 Å². The third-order valence-electron chi connectivity index (χ3n) is 5.56. The Labute approximate surface area is 177 Å². The Balaban J connectivity index is 1.39. The number of aryl methyl sites for hydroxylation is 1. The average molecular weight is 430 g/mol. The summed E-state index contributed by atoms with van der Waals surface area (Å²) in [6, 6.07) is 4.82. The maximum atomic E-state index is 13.1. The van der Waals surface area contributed by atoms with E-state index in [0.29, 0.717) is 24.5 Å². The molecule has 0 saturated carbocycles. The molecule has 1 N–H and O–H groups in total. The molecule has 1 aromatic carbocycles. The lowest BCUT2D eigenvalue weighted by molar-refractivity contribution is -0.384. The van der Waals surface area contributed by atoms with Gasteiger partial charge in [-0.25, -0.2) is 4.79 Å². The predicted octanol–water partition coefficient (Wildman–Crippen LogP) is 0.609. The number of likely N-dealkylation sites (tertiary alicyclic amines) is 1. The normalized spacial score (nSPS) is 20.5. The van der Waals surface area contributed by atoms with E-state index in [1.165, 1.54) is 29.2 Å². The number of fused-ring (bicyclic) bond motifs is 1. The summed E-state index contributed by atoms with van der Waals surface area (Å²) in [5, 5.41) is 28.9. The van der Waals surface area contributed by atoms with Crippen molar-refractivity contribution in [2.45, 2.75) is 45.2 Å². The number of carbonyl (C=O) groups excluding carboxylic acids is 2. The maximum absolute atomic E-state index is 13.1. The standard InChI is InChI=1S/C19H22N6O6/c1-12-20-21-17-10-22(6-7-23(12)17)18(27)16-8-15(26)9-24(16)19(28)31-11-13-2-4-14(5-3-13)25(29)30/h2-5,15-16,26H,6-11H2,1H3/t15-,16+/m1/s1. The number of nitro benzene ring substituents is 1. The minimum Gasteiger partial charge on any atom is -0.445 e. The van der Waals surface area contributed by atoms with E-state index in [4.69, 9.17) is 4.74 Å². The summed E-state index contributed by atoms with van der Waals surface area (Å²) in [4.78, 5) is 38.8. The number of β-amino-alcohol motifs (C(OH)–C–C–N with tert-alkyl or cyclic N) is 1. The first-order valence-corrected chi connectivity index (χ1v) is 9.85. The minimum atomic E-state index is -0.824. The summed E-state index contributed by atoms with van der Waals surface area (Å²) < 4.78 is 7.24. The van der Waals surface area contributed by atoms with Crippen LogP contribution >= 0.6 is 0 Å². The minimum absolute atomic E-state index is 0.00136. The summed E-state index contributed by atoms with van der Waals surface area (Å²) in [6.45, 7) is 3.07. The molecule has 12 nitrogen and oxygen atoms in total. The van der Waals surface area contributed by atoms with Crippen LogP contribution in [0.5, 0.6) is 0 Å². The van der Waals surface area contributed by atoms with Crippen LogP contribution in [0.1, 0.15) is 23.6 Å². The van der Waals surface area contributed by atoms with Crippen LogP contribution < -0.4 is 0 Å². The Morgan fingerprint density at radius 2 is 2.00 bits per heavy atom. The summed E-state index contributed by atoms with van der Waals surface area (Å²) in [5.41, 5.74) is 0.517.